The lowest BCUT2D eigenvalue weighted by atomic mass is 10.3. The van der Waals surface area contributed by atoms with Gasteiger partial charge in [-0.05, 0) is 6.42 Å². The van der Waals surface area contributed by atoms with Crippen molar-refractivity contribution in [2.24, 2.45) is 11.7 Å². The number of carbonyl (C=O) groups is 2. The molecule has 0 aromatic rings. The summed E-state index contributed by atoms with van der Waals surface area (Å²) in [5.74, 6) is -1.86. The van der Waals surface area contributed by atoms with Gasteiger partial charge >= 0.3 is 12.1 Å². The summed E-state index contributed by atoms with van der Waals surface area (Å²) in [4.78, 5) is 23.2. The van der Waals surface area contributed by atoms with Crippen LogP contribution in [0.5, 0.6) is 0 Å². The molecule has 1 aliphatic carbocycles. The van der Waals surface area contributed by atoms with Crippen LogP contribution in [-0.2, 0) is 14.3 Å². The van der Waals surface area contributed by atoms with Crippen LogP contribution < -0.4 is 5.73 Å². The Kier molecular flexibility index (Phi) is 4.55. The summed E-state index contributed by atoms with van der Waals surface area (Å²) in [6.45, 7) is -1.68. The van der Waals surface area contributed by atoms with Crippen LogP contribution in [-0.4, -0.2) is 49.2 Å². The van der Waals surface area contributed by atoms with Crippen molar-refractivity contribution in [2.45, 2.75) is 25.1 Å². The highest BCUT2D eigenvalue weighted by molar-refractivity contribution is 5.83. The van der Waals surface area contributed by atoms with E-state index in [0.29, 0.717) is 11.3 Å². The maximum Gasteiger partial charge on any atom is 0.406 e. The van der Waals surface area contributed by atoms with Gasteiger partial charge in [0.15, 0.2) is 0 Å². The smallest absolute Gasteiger partial charge is 0.406 e. The van der Waals surface area contributed by atoms with Crippen LogP contribution in [0.1, 0.15) is 12.8 Å². The number of carbonyl (C=O) groups excluding carboxylic acids is 2. The van der Waals surface area contributed by atoms with Crippen LogP contribution in [0.15, 0.2) is 0 Å². The van der Waals surface area contributed by atoms with E-state index in [2.05, 4.69) is 4.74 Å². The second-order valence-electron chi connectivity index (χ2n) is 4.21. The number of hydrogen-bond donors (Lipinski definition) is 1. The molecule has 0 spiro atoms. The predicted molar refractivity (Wildman–Crippen MR) is 55.4 cm³/mol. The van der Waals surface area contributed by atoms with Gasteiger partial charge in [-0.3, -0.25) is 9.59 Å². The number of halogens is 3. The molecule has 18 heavy (non-hydrogen) atoms. The third-order valence-corrected chi connectivity index (χ3v) is 2.65. The van der Waals surface area contributed by atoms with Crippen molar-refractivity contribution in [1.82, 2.24) is 4.90 Å². The van der Waals surface area contributed by atoms with Gasteiger partial charge in [-0.25, -0.2) is 0 Å². The topological polar surface area (TPSA) is 72.6 Å². The largest absolute Gasteiger partial charge is 0.469 e. The molecule has 1 saturated carbocycles. The van der Waals surface area contributed by atoms with Crippen LogP contribution in [0, 0.1) is 5.92 Å². The molecule has 2 atom stereocenters. The third-order valence-electron chi connectivity index (χ3n) is 2.65. The molecule has 0 aromatic heterocycles. The van der Waals surface area contributed by atoms with E-state index in [9.17, 15) is 22.8 Å². The molecule has 0 aliphatic heterocycles. The first-order chi connectivity index (χ1) is 8.24. The Morgan fingerprint density at radius 2 is 2.00 bits per heavy atom. The average Bonchev–Trinajstić information content (AvgIpc) is 2.98. The Labute approximate surface area is 102 Å². The predicted octanol–water partition coefficient (Wildman–Crippen LogP) is 0.288. The molecule has 0 aromatic carbocycles. The number of hydrogen-bond acceptors (Lipinski definition) is 4. The molecule has 1 rings (SSSR count). The van der Waals surface area contributed by atoms with E-state index < -0.39 is 30.5 Å². The normalized spacial score (nSPS) is 22.5. The SMILES string of the molecule is COC(=O)CCN(CC(F)(F)F)C(=O)C1CC1N. The van der Waals surface area contributed by atoms with E-state index in [-0.39, 0.29) is 19.0 Å². The van der Waals surface area contributed by atoms with E-state index in [1.54, 1.807) is 0 Å². The number of rotatable bonds is 5. The van der Waals surface area contributed by atoms with Crippen molar-refractivity contribution >= 4 is 11.9 Å². The fourth-order valence-corrected chi connectivity index (χ4v) is 1.55. The molecular formula is C10H15F3N2O3. The van der Waals surface area contributed by atoms with Gasteiger partial charge in [0.1, 0.15) is 6.54 Å². The lowest BCUT2D eigenvalue weighted by Gasteiger charge is -2.23. The minimum Gasteiger partial charge on any atom is -0.469 e. The zero-order valence-electron chi connectivity index (χ0n) is 9.87. The van der Waals surface area contributed by atoms with E-state index in [4.69, 9.17) is 5.73 Å². The molecule has 104 valence electrons. The van der Waals surface area contributed by atoms with Gasteiger partial charge in [-0.1, -0.05) is 0 Å². The Morgan fingerprint density at radius 1 is 1.44 bits per heavy atom. The average molecular weight is 268 g/mol. The van der Waals surface area contributed by atoms with Crippen molar-refractivity contribution < 1.29 is 27.5 Å². The molecule has 1 amide bonds. The number of nitrogens with zero attached hydrogens (tertiary/aromatic N) is 1. The Morgan fingerprint density at radius 3 is 2.39 bits per heavy atom. The van der Waals surface area contributed by atoms with Gasteiger partial charge in [0, 0.05) is 12.6 Å². The van der Waals surface area contributed by atoms with E-state index >= 15 is 0 Å². The number of alkyl halides is 3. The zero-order chi connectivity index (χ0) is 13.9. The molecule has 2 N–H and O–H groups in total. The second-order valence-corrected chi connectivity index (χ2v) is 4.21. The van der Waals surface area contributed by atoms with Crippen molar-refractivity contribution in [3.63, 3.8) is 0 Å². The zero-order valence-corrected chi connectivity index (χ0v) is 9.87. The number of ether oxygens (including phenoxy) is 1. The standard InChI is InChI=1S/C10H15F3N2O3/c1-18-8(16)2-3-15(5-10(11,12)13)9(17)6-4-7(6)14/h6-7H,2-5,14H2,1H3. The summed E-state index contributed by atoms with van der Waals surface area (Å²) in [5, 5.41) is 0. The minimum absolute atomic E-state index is 0.264. The number of methoxy groups -OCH3 is 1. The Balaban J connectivity index is 2.57. The molecule has 0 saturated heterocycles. The summed E-state index contributed by atoms with van der Waals surface area (Å²) in [5.41, 5.74) is 5.43. The molecule has 5 nitrogen and oxygen atoms in total. The van der Waals surface area contributed by atoms with Crippen LogP contribution in [0.25, 0.3) is 0 Å². The lowest BCUT2D eigenvalue weighted by Crippen LogP contribution is -2.41. The number of esters is 1. The molecule has 0 radical (unpaired) electrons. The number of amides is 1. The van der Waals surface area contributed by atoms with Crippen molar-refractivity contribution in [3.05, 3.63) is 0 Å². The Bertz CT molecular complexity index is 333. The van der Waals surface area contributed by atoms with E-state index in [1.807, 2.05) is 0 Å². The fourth-order valence-electron chi connectivity index (χ4n) is 1.55. The van der Waals surface area contributed by atoms with E-state index in [0.717, 1.165) is 7.11 Å². The highest BCUT2D eigenvalue weighted by atomic mass is 19.4. The number of nitrogens with two attached hydrogens (primary N) is 1. The quantitative estimate of drug-likeness (QED) is 0.727. The lowest BCUT2D eigenvalue weighted by molar-refractivity contribution is -0.163. The summed E-state index contributed by atoms with van der Waals surface area (Å²) >= 11 is 0. The van der Waals surface area contributed by atoms with Crippen LogP contribution in [0.2, 0.25) is 0 Å². The minimum atomic E-state index is -4.50. The third kappa shape index (κ3) is 4.52. The van der Waals surface area contributed by atoms with Crippen molar-refractivity contribution in [3.8, 4) is 0 Å². The Hall–Kier alpha value is -1.31. The maximum absolute atomic E-state index is 12.3. The highest BCUT2D eigenvalue weighted by Crippen LogP contribution is 2.31. The van der Waals surface area contributed by atoms with Gasteiger partial charge in [-0.15, -0.1) is 0 Å². The highest BCUT2D eigenvalue weighted by Gasteiger charge is 2.44. The van der Waals surface area contributed by atoms with Gasteiger partial charge in [0.2, 0.25) is 5.91 Å². The molecule has 8 heteroatoms. The van der Waals surface area contributed by atoms with Gasteiger partial charge in [0.05, 0.1) is 19.4 Å². The summed E-state index contributed by atoms with van der Waals surface area (Å²) in [6.07, 6.45) is -4.36. The van der Waals surface area contributed by atoms with Gasteiger partial charge in [0.25, 0.3) is 0 Å². The van der Waals surface area contributed by atoms with E-state index in [1.165, 1.54) is 0 Å². The van der Waals surface area contributed by atoms with Crippen LogP contribution in [0.3, 0.4) is 0 Å². The monoisotopic (exact) mass is 268 g/mol. The van der Waals surface area contributed by atoms with Crippen molar-refractivity contribution in [2.75, 3.05) is 20.2 Å². The molecule has 1 aliphatic rings. The van der Waals surface area contributed by atoms with Gasteiger partial charge < -0.3 is 15.4 Å². The first-order valence-corrected chi connectivity index (χ1v) is 5.42. The summed E-state index contributed by atoms with van der Waals surface area (Å²) in [6, 6.07) is -0.369. The summed E-state index contributed by atoms with van der Waals surface area (Å²) < 4.78 is 41.3. The fraction of sp³-hybridized carbons (Fsp3) is 0.800. The maximum atomic E-state index is 12.3. The molecule has 0 heterocycles. The first-order valence-electron chi connectivity index (χ1n) is 5.42. The first kappa shape index (κ1) is 14.7. The van der Waals surface area contributed by atoms with Gasteiger partial charge in [-0.2, -0.15) is 13.2 Å². The molecular weight excluding hydrogens is 253 g/mol. The summed E-state index contributed by atoms with van der Waals surface area (Å²) in [7, 11) is 1.13. The molecule has 1 fully saturated rings. The van der Waals surface area contributed by atoms with Crippen molar-refractivity contribution in [1.29, 1.82) is 0 Å². The molecule has 2 unspecified atom stereocenters. The van der Waals surface area contributed by atoms with Crippen LogP contribution in [0.4, 0.5) is 13.2 Å². The second kappa shape index (κ2) is 5.55. The van der Waals surface area contributed by atoms with Crippen LogP contribution >= 0.6 is 0 Å². The molecule has 0 bridgehead atoms.